The third kappa shape index (κ3) is 12.6. The van der Waals surface area contributed by atoms with Crippen LogP contribution in [0.25, 0.3) is 11.1 Å². The van der Waals surface area contributed by atoms with E-state index >= 15 is 8.78 Å². The van der Waals surface area contributed by atoms with Crippen LogP contribution in [0.3, 0.4) is 0 Å². The largest absolute Gasteiger partial charge is 0.494 e. The molecule has 7 heterocycles. The van der Waals surface area contributed by atoms with Crippen LogP contribution in [0, 0.1) is 11.6 Å². The maximum absolute atomic E-state index is 16.1. The Labute approximate surface area is 459 Å². The zero-order valence-corrected chi connectivity index (χ0v) is 44.7. The van der Waals surface area contributed by atoms with E-state index in [-0.39, 0.29) is 25.7 Å². The first-order chi connectivity index (χ1) is 37.3. The van der Waals surface area contributed by atoms with E-state index in [4.69, 9.17) is 9.31 Å². The standard InChI is InChI=1S/C33H32F4N8O2.C24H34BN3O3.CH4/c1-2-30(46)29-11-9-26(19-38-29)44-15-13-43(14-16-44)25-7-3-22(4-8-25)23-5-12-31(39-18-23)33(36,37)32(47,20-45-21-40-41-42-45)27-10-6-24(34)17-28(27)35;1-6-22(29)21-12-11-20(17-26-21)28-15-13-27(14-16-28)19-9-7-18(8-10-19)25-30-23(2,3)24(4,5)31-25;/h3-12,17-19,21,30,46-47H,2,13-16,20H2,1H3;7-12,17,22,29H,6,13-16H2,1-5H3;1H4/t30?,32-;;/m0../s1. The average Bonchev–Trinajstić information content (AvgIpc) is 4.14. The number of rotatable bonds is 15. The molecule has 3 aromatic carbocycles. The van der Waals surface area contributed by atoms with Gasteiger partial charge in [-0.3, -0.25) is 15.0 Å². The van der Waals surface area contributed by atoms with Gasteiger partial charge in [0.15, 0.2) is 5.60 Å². The molecule has 0 amide bonds. The van der Waals surface area contributed by atoms with Crippen LogP contribution in [0.5, 0.6) is 0 Å². The van der Waals surface area contributed by atoms with E-state index in [2.05, 4.69) is 108 Å². The molecular formula is C58H70BF4N11O5. The zero-order chi connectivity index (χ0) is 55.4. The Hall–Kier alpha value is -7.04. The molecule has 10 rings (SSSR count). The second-order valence-electron chi connectivity index (χ2n) is 20.9. The fourth-order valence-electron chi connectivity index (χ4n) is 9.74. The van der Waals surface area contributed by atoms with Crippen LogP contribution in [-0.2, 0) is 27.4 Å². The van der Waals surface area contributed by atoms with Crippen molar-refractivity contribution >= 4 is 35.3 Å². The SMILES string of the molecule is C.CCC(O)c1ccc(N2CCN(c3ccc(-c4ccc(C(F)(F)[C@](O)(Cn5cnnn5)c5ccc(F)cc5F)nc4)cc3)CC2)cn1.CCC(O)c1ccc(N2CCN(c3ccc(B4OC(C)(C)C(C)(C)O4)cc3)CC2)cn1. The highest BCUT2D eigenvalue weighted by atomic mass is 19.3. The van der Waals surface area contributed by atoms with Crippen LogP contribution in [0.15, 0.2) is 128 Å². The lowest BCUT2D eigenvalue weighted by atomic mass is 9.79. The number of aliphatic hydroxyl groups is 3. The van der Waals surface area contributed by atoms with Gasteiger partial charge in [-0.15, -0.1) is 5.10 Å². The van der Waals surface area contributed by atoms with E-state index in [0.29, 0.717) is 30.2 Å². The number of pyridine rings is 3. The topological polar surface area (TPSA) is 174 Å². The van der Waals surface area contributed by atoms with Gasteiger partial charge >= 0.3 is 13.0 Å². The van der Waals surface area contributed by atoms with Crippen molar-refractivity contribution < 1.29 is 42.2 Å². The molecule has 3 saturated heterocycles. The lowest BCUT2D eigenvalue weighted by molar-refractivity contribution is -0.207. The van der Waals surface area contributed by atoms with E-state index in [0.717, 1.165) is 115 Å². The summed E-state index contributed by atoms with van der Waals surface area (Å²) in [6, 6.07) is 28.6. The molecule has 0 bridgehead atoms. The number of benzene rings is 3. The van der Waals surface area contributed by atoms with Crippen molar-refractivity contribution in [3.05, 3.63) is 162 Å². The highest BCUT2D eigenvalue weighted by Gasteiger charge is 2.58. The quantitative estimate of drug-likeness (QED) is 0.0657. The van der Waals surface area contributed by atoms with Gasteiger partial charge in [0.1, 0.15) is 23.7 Å². The van der Waals surface area contributed by atoms with E-state index in [1.54, 1.807) is 6.20 Å². The van der Waals surface area contributed by atoms with Gasteiger partial charge < -0.3 is 44.2 Å². The van der Waals surface area contributed by atoms with Gasteiger partial charge in [-0.05, 0) is 129 Å². The van der Waals surface area contributed by atoms with Crippen molar-refractivity contribution in [1.29, 1.82) is 0 Å². The monoisotopic (exact) mass is 1090 g/mol. The van der Waals surface area contributed by atoms with Gasteiger partial charge in [0.05, 0.1) is 65.1 Å². The Balaban J connectivity index is 0.000000223. The summed E-state index contributed by atoms with van der Waals surface area (Å²) in [5.41, 5.74) is 2.60. The van der Waals surface area contributed by atoms with Gasteiger partial charge in [0.25, 0.3) is 0 Å². The molecule has 4 aromatic heterocycles. The molecule has 0 spiro atoms. The second kappa shape index (κ2) is 24.1. The van der Waals surface area contributed by atoms with Crippen molar-refractivity contribution in [1.82, 2.24) is 35.2 Å². The van der Waals surface area contributed by atoms with Gasteiger partial charge in [-0.1, -0.05) is 51.6 Å². The Kier molecular flexibility index (Phi) is 17.8. The van der Waals surface area contributed by atoms with Crippen molar-refractivity contribution in [3.8, 4) is 11.1 Å². The van der Waals surface area contributed by atoms with Gasteiger partial charge in [-0.25, -0.2) is 13.5 Å². The third-order valence-electron chi connectivity index (χ3n) is 15.4. The molecule has 3 aliphatic heterocycles. The fraction of sp³-hybridized carbons (Fsp3) is 0.414. The van der Waals surface area contributed by atoms with Crippen LogP contribution in [0.4, 0.5) is 40.3 Å². The lowest BCUT2D eigenvalue weighted by Crippen LogP contribution is -2.48. The summed E-state index contributed by atoms with van der Waals surface area (Å²) >= 11 is 0. The number of hydrogen-bond donors (Lipinski definition) is 3. The number of alkyl halides is 2. The van der Waals surface area contributed by atoms with Crippen molar-refractivity contribution in [2.45, 2.75) is 103 Å². The maximum Gasteiger partial charge on any atom is 0.494 e. The average molecular weight is 1090 g/mol. The molecule has 3 aliphatic rings. The number of aromatic nitrogens is 7. The van der Waals surface area contributed by atoms with Crippen molar-refractivity contribution in [2.75, 3.05) is 72.0 Å². The number of nitrogens with zero attached hydrogens (tertiary/aromatic N) is 11. The number of tetrazole rings is 1. The van der Waals surface area contributed by atoms with Crippen LogP contribution in [-0.4, -0.2) is 121 Å². The van der Waals surface area contributed by atoms with Crippen LogP contribution >= 0.6 is 0 Å². The minimum atomic E-state index is -4.14. The number of halogens is 4. The Morgan fingerprint density at radius 2 is 1.08 bits per heavy atom. The van der Waals surface area contributed by atoms with Crippen LogP contribution in [0.2, 0.25) is 0 Å². The van der Waals surface area contributed by atoms with Crippen LogP contribution < -0.4 is 25.1 Å². The predicted octanol–water partition coefficient (Wildman–Crippen LogP) is 8.65. The molecule has 16 nitrogen and oxygen atoms in total. The molecule has 418 valence electrons. The summed E-state index contributed by atoms with van der Waals surface area (Å²) in [5, 5.41) is 41.6. The summed E-state index contributed by atoms with van der Waals surface area (Å²) in [6.45, 7) is 18.2. The van der Waals surface area contributed by atoms with E-state index in [1.165, 1.54) is 18.0 Å². The summed E-state index contributed by atoms with van der Waals surface area (Å²) in [7, 11) is -0.322. The second-order valence-corrected chi connectivity index (χ2v) is 20.9. The Morgan fingerprint density at radius 3 is 1.49 bits per heavy atom. The van der Waals surface area contributed by atoms with Crippen molar-refractivity contribution in [3.63, 3.8) is 0 Å². The van der Waals surface area contributed by atoms with Gasteiger partial charge in [-0.2, -0.15) is 8.78 Å². The third-order valence-corrected chi connectivity index (χ3v) is 15.4. The highest BCUT2D eigenvalue weighted by Crippen LogP contribution is 2.47. The molecule has 0 saturated carbocycles. The van der Waals surface area contributed by atoms with E-state index in [9.17, 15) is 24.1 Å². The minimum absolute atomic E-state index is 0. The lowest BCUT2D eigenvalue weighted by Gasteiger charge is -2.37. The summed E-state index contributed by atoms with van der Waals surface area (Å²) < 4.78 is 73.7. The zero-order valence-electron chi connectivity index (χ0n) is 44.7. The minimum Gasteiger partial charge on any atom is -0.399 e. The van der Waals surface area contributed by atoms with E-state index in [1.807, 2.05) is 62.5 Å². The van der Waals surface area contributed by atoms with Gasteiger partial charge in [0, 0.05) is 87.1 Å². The fourth-order valence-corrected chi connectivity index (χ4v) is 9.74. The number of piperazine rings is 2. The molecule has 3 fully saturated rings. The summed E-state index contributed by atoms with van der Waals surface area (Å²) in [5.74, 6) is -6.48. The van der Waals surface area contributed by atoms with Gasteiger partial charge in [0.2, 0.25) is 0 Å². The normalized spacial score (nSPS) is 17.8. The molecular weight excluding hydrogens is 1020 g/mol. The first-order valence-electron chi connectivity index (χ1n) is 26.4. The molecule has 79 heavy (non-hydrogen) atoms. The highest BCUT2D eigenvalue weighted by molar-refractivity contribution is 6.62. The molecule has 21 heteroatoms. The molecule has 2 unspecified atom stereocenters. The molecule has 3 atom stereocenters. The first-order valence-corrected chi connectivity index (χ1v) is 26.4. The molecule has 7 aromatic rings. The van der Waals surface area contributed by atoms with Crippen molar-refractivity contribution in [2.24, 2.45) is 0 Å². The summed E-state index contributed by atoms with van der Waals surface area (Å²) in [4.78, 5) is 22.1. The van der Waals surface area contributed by atoms with E-state index < -0.39 is 53.2 Å². The first kappa shape index (κ1) is 58.1. The Morgan fingerprint density at radius 1 is 0.608 bits per heavy atom. The number of hydrogen-bond acceptors (Lipinski definition) is 15. The Bertz CT molecular complexity index is 3040. The molecule has 0 radical (unpaired) electrons. The smallest absolute Gasteiger partial charge is 0.399 e. The molecule has 3 N–H and O–H groups in total. The molecule has 0 aliphatic carbocycles. The predicted molar refractivity (Wildman–Crippen MR) is 298 cm³/mol. The van der Waals surface area contributed by atoms with Crippen LogP contribution in [0.1, 0.15) is 96.7 Å². The summed E-state index contributed by atoms with van der Waals surface area (Å²) in [6.07, 6.45) is 6.17. The number of anilines is 4. The maximum atomic E-state index is 16.1. The number of aliphatic hydroxyl groups excluding tert-OH is 2.